The largest absolute Gasteiger partial charge is 0.372 e. The Bertz CT molecular complexity index is 357. The molecule has 1 fully saturated rings. The van der Waals surface area contributed by atoms with Crippen molar-refractivity contribution in [1.82, 2.24) is 0 Å². The van der Waals surface area contributed by atoms with E-state index in [1.807, 2.05) is 24.3 Å². The van der Waals surface area contributed by atoms with Crippen molar-refractivity contribution >= 4 is 5.69 Å². The molecule has 1 aromatic rings. The molecule has 15 heavy (non-hydrogen) atoms. The van der Waals surface area contributed by atoms with Crippen LogP contribution >= 0.6 is 0 Å². The second-order valence-electron chi connectivity index (χ2n) is 4.14. The van der Waals surface area contributed by atoms with Gasteiger partial charge in [0.2, 0.25) is 0 Å². The van der Waals surface area contributed by atoms with E-state index in [1.54, 1.807) is 0 Å². The van der Waals surface area contributed by atoms with Crippen LogP contribution in [-0.4, -0.2) is 13.1 Å². The Balaban J connectivity index is 2.08. The lowest BCUT2D eigenvalue weighted by Gasteiger charge is -2.22. The summed E-state index contributed by atoms with van der Waals surface area (Å²) in [6.07, 6.45) is 2.76. The molecule has 0 spiro atoms. The van der Waals surface area contributed by atoms with Crippen molar-refractivity contribution < 1.29 is 0 Å². The zero-order chi connectivity index (χ0) is 10.7. The lowest BCUT2D eigenvalue weighted by atomic mass is 10.2. The SMILES string of the molecule is CCN(CC1CC1)c1ccc(C#N)cc1. The van der Waals surface area contributed by atoms with Crippen LogP contribution in [0.2, 0.25) is 0 Å². The van der Waals surface area contributed by atoms with E-state index >= 15 is 0 Å². The average molecular weight is 200 g/mol. The van der Waals surface area contributed by atoms with E-state index in [-0.39, 0.29) is 0 Å². The first-order valence-corrected chi connectivity index (χ1v) is 5.58. The molecule has 1 aliphatic carbocycles. The van der Waals surface area contributed by atoms with Gasteiger partial charge in [-0.15, -0.1) is 0 Å². The van der Waals surface area contributed by atoms with Gasteiger partial charge in [0.25, 0.3) is 0 Å². The molecule has 1 aliphatic rings. The second-order valence-corrected chi connectivity index (χ2v) is 4.14. The highest BCUT2D eigenvalue weighted by Gasteiger charge is 2.23. The van der Waals surface area contributed by atoms with Crippen LogP contribution in [0.15, 0.2) is 24.3 Å². The van der Waals surface area contributed by atoms with Crippen molar-refractivity contribution in [1.29, 1.82) is 5.26 Å². The number of hydrogen-bond donors (Lipinski definition) is 0. The molecule has 0 unspecified atom stereocenters. The van der Waals surface area contributed by atoms with E-state index in [2.05, 4.69) is 17.9 Å². The van der Waals surface area contributed by atoms with Gasteiger partial charge in [-0.3, -0.25) is 0 Å². The molecular formula is C13H16N2. The molecule has 2 rings (SSSR count). The molecule has 0 aliphatic heterocycles. The van der Waals surface area contributed by atoms with E-state index in [9.17, 15) is 0 Å². The number of anilines is 1. The third kappa shape index (κ3) is 2.50. The molecule has 2 heteroatoms. The molecule has 0 amide bonds. The Morgan fingerprint density at radius 1 is 1.33 bits per heavy atom. The molecule has 0 saturated heterocycles. The van der Waals surface area contributed by atoms with Crippen LogP contribution in [0.1, 0.15) is 25.3 Å². The first-order valence-electron chi connectivity index (χ1n) is 5.58. The van der Waals surface area contributed by atoms with Gasteiger partial charge in [0, 0.05) is 18.8 Å². The smallest absolute Gasteiger partial charge is 0.0991 e. The molecular weight excluding hydrogens is 184 g/mol. The summed E-state index contributed by atoms with van der Waals surface area (Å²) in [5.74, 6) is 0.903. The summed E-state index contributed by atoms with van der Waals surface area (Å²) in [6.45, 7) is 4.39. The summed E-state index contributed by atoms with van der Waals surface area (Å²) in [5.41, 5.74) is 1.98. The number of nitriles is 1. The summed E-state index contributed by atoms with van der Waals surface area (Å²) in [7, 11) is 0. The summed E-state index contributed by atoms with van der Waals surface area (Å²) in [4.78, 5) is 2.39. The predicted octanol–water partition coefficient (Wildman–Crippen LogP) is 2.79. The van der Waals surface area contributed by atoms with Crippen LogP contribution in [0.5, 0.6) is 0 Å². The highest BCUT2D eigenvalue weighted by atomic mass is 15.1. The van der Waals surface area contributed by atoms with E-state index in [1.165, 1.54) is 25.1 Å². The zero-order valence-electron chi connectivity index (χ0n) is 9.11. The number of nitrogens with zero attached hydrogens (tertiary/aromatic N) is 2. The van der Waals surface area contributed by atoms with Gasteiger partial charge in [0.1, 0.15) is 0 Å². The third-order valence-electron chi connectivity index (χ3n) is 2.92. The molecule has 0 bridgehead atoms. The summed E-state index contributed by atoms with van der Waals surface area (Å²) < 4.78 is 0. The Morgan fingerprint density at radius 2 is 2.00 bits per heavy atom. The quantitative estimate of drug-likeness (QED) is 0.747. The van der Waals surface area contributed by atoms with Crippen molar-refractivity contribution in [3.8, 4) is 6.07 Å². The van der Waals surface area contributed by atoms with Gasteiger partial charge >= 0.3 is 0 Å². The fourth-order valence-electron chi connectivity index (χ4n) is 1.78. The Hall–Kier alpha value is -1.49. The summed E-state index contributed by atoms with van der Waals surface area (Å²) in [5, 5.41) is 8.72. The minimum absolute atomic E-state index is 0.737. The van der Waals surface area contributed by atoms with Gasteiger partial charge in [-0.1, -0.05) is 0 Å². The normalized spacial score (nSPS) is 14.7. The van der Waals surface area contributed by atoms with Gasteiger partial charge in [-0.25, -0.2) is 0 Å². The van der Waals surface area contributed by atoms with Crippen molar-refractivity contribution in [2.75, 3.05) is 18.0 Å². The van der Waals surface area contributed by atoms with Gasteiger partial charge < -0.3 is 4.90 Å². The van der Waals surface area contributed by atoms with Crippen molar-refractivity contribution in [3.05, 3.63) is 29.8 Å². The zero-order valence-corrected chi connectivity index (χ0v) is 9.11. The minimum atomic E-state index is 0.737. The maximum atomic E-state index is 8.72. The van der Waals surface area contributed by atoms with Crippen LogP contribution in [0, 0.1) is 17.2 Å². The summed E-state index contributed by atoms with van der Waals surface area (Å²) >= 11 is 0. The number of rotatable bonds is 4. The molecule has 1 aromatic carbocycles. The molecule has 0 N–H and O–H groups in total. The Kier molecular flexibility index (Phi) is 2.91. The van der Waals surface area contributed by atoms with Gasteiger partial charge in [0.05, 0.1) is 11.6 Å². The molecule has 78 valence electrons. The lowest BCUT2D eigenvalue weighted by Crippen LogP contribution is -2.24. The maximum Gasteiger partial charge on any atom is 0.0991 e. The number of benzene rings is 1. The highest BCUT2D eigenvalue weighted by molar-refractivity contribution is 5.49. The van der Waals surface area contributed by atoms with E-state index in [0.29, 0.717) is 0 Å². The third-order valence-corrected chi connectivity index (χ3v) is 2.92. The van der Waals surface area contributed by atoms with Crippen LogP contribution in [0.3, 0.4) is 0 Å². The standard InChI is InChI=1S/C13H16N2/c1-2-15(10-12-3-4-12)13-7-5-11(9-14)6-8-13/h5-8,12H,2-4,10H2,1H3. The van der Waals surface area contributed by atoms with Crippen LogP contribution in [-0.2, 0) is 0 Å². The monoisotopic (exact) mass is 200 g/mol. The first-order chi connectivity index (χ1) is 7.33. The maximum absolute atomic E-state index is 8.72. The fourth-order valence-corrected chi connectivity index (χ4v) is 1.78. The van der Waals surface area contributed by atoms with Gasteiger partial charge in [0.15, 0.2) is 0 Å². The topological polar surface area (TPSA) is 27.0 Å². The van der Waals surface area contributed by atoms with Gasteiger partial charge in [-0.2, -0.15) is 5.26 Å². The fraction of sp³-hybridized carbons (Fsp3) is 0.462. The molecule has 1 saturated carbocycles. The van der Waals surface area contributed by atoms with E-state index < -0.39 is 0 Å². The molecule has 2 nitrogen and oxygen atoms in total. The molecule has 0 atom stereocenters. The number of hydrogen-bond acceptors (Lipinski definition) is 2. The highest BCUT2D eigenvalue weighted by Crippen LogP contribution is 2.31. The predicted molar refractivity (Wildman–Crippen MR) is 61.8 cm³/mol. The average Bonchev–Trinajstić information content (AvgIpc) is 3.10. The first kappa shape index (κ1) is 10.0. The molecule has 0 heterocycles. The molecule has 0 aromatic heterocycles. The van der Waals surface area contributed by atoms with Gasteiger partial charge in [-0.05, 0) is 49.9 Å². The second kappa shape index (κ2) is 4.35. The van der Waals surface area contributed by atoms with E-state index in [4.69, 9.17) is 5.26 Å². The van der Waals surface area contributed by atoms with Crippen LogP contribution < -0.4 is 4.90 Å². The summed E-state index contributed by atoms with van der Waals surface area (Å²) in [6, 6.07) is 10.0. The Morgan fingerprint density at radius 3 is 2.47 bits per heavy atom. The van der Waals surface area contributed by atoms with E-state index in [0.717, 1.165) is 18.0 Å². The van der Waals surface area contributed by atoms with Crippen molar-refractivity contribution in [2.24, 2.45) is 5.92 Å². The minimum Gasteiger partial charge on any atom is -0.372 e. The van der Waals surface area contributed by atoms with Crippen LogP contribution in [0.25, 0.3) is 0 Å². The molecule has 0 radical (unpaired) electrons. The lowest BCUT2D eigenvalue weighted by molar-refractivity contribution is 0.742. The van der Waals surface area contributed by atoms with Crippen molar-refractivity contribution in [2.45, 2.75) is 19.8 Å². The van der Waals surface area contributed by atoms with Crippen LogP contribution in [0.4, 0.5) is 5.69 Å². The Labute approximate surface area is 91.1 Å². The van der Waals surface area contributed by atoms with Crippen molar-refractivity contribution in [3.63, 3.8) is 0 Å².